The van der Waals surface area contributed by atoms with E-state index in [-0.39, 0.29) is 11.8 Å². The minimum atomic E-state index is -0.404. The number of amides is 2. The number of hydrogen-bond donors (Lipinski definition) is 1. The first-order valence-electron chi connectivity index (χ1n) is 10.1. The number of anilines is 1. The van der Waals surface area contributed by atoms with Crippen LogP contribution < -0.4 is 5.32 Å². The van der Waals surface area contributed by atoms with E-state index in [1.807, 2.05) is 31.2 Å². The van der Waals surface area contributed by atoms with Gasteiger partial charge in [-0.15, -0.1) is 11.8 Å². The van der Waals surface area contributed by atoms with E-state index in [4.69, 9.17) is 0 Å². The molecule has 0 saturated carbocycles. The van der Waals surface area contributed by atoms with Crippen molar-refractivity contribution in [2.75, 3.05) is 24.0 Å². The lowest BCUT2D eigenvalue weighted by molar-refractivity contribution is -0.132. The van der Waals surface area contributed by atoms with Gasteiger partial charge in [-0.05, 0) is 69.8 Å². The smallest absolute Gasteiger partial charge is 0.248 e. The van der Waals surface area contributed by atoms with Gasteiger partial charge in [-0.25, -0.2) is 0 Å². The molecule has 3 atom stereocenters. The molecule has 1 aromatic carbocycles. The second kappa shape index (κ2) is 7.91. The van der Waals surface area contributed by atoms with Crippen molar-refractivity contribution in [3.05, 3.63) is 41.0 Å². The monoisotopic (exact) mass is 399 g/mol. The lowest BCUT2D eigenvalue weighted by Crippen LogP contribution is -2.44. The molecular formula is C22H29N3O2S. The zero-order valence-electron chi connectivity index (χ0n) is 16.9. The molecule has 0 aromatic heterocycles. The average molecular weight is 400 g/mol. The molecule has 150 valence electrons. The third kappa shape index (κ3) is 3.85. The van der Waals surface area contributed by atoms with Crippen molar-refractivity contribution in [2.45, 2.75) is 57.7 Å². The molecule has 0 radical (unpaired) electrons. The summed E-state index contributed by atoms with van der Waals surface area (Å²) >= 11 is 1.65. The number of carbonyl (C=O) groups excluding carboxylic acids is 2. The van der Waals surface area contributed by atoms with Crippen LogP contribution in [0.2, 0.25) is 0 Å². The minimum Gasteiger partial charge on any atom is -0.324 e. The molecule has 5 nitrogen and oxygen atoms in total. The van der Waals surface area contributed by atoms with Crippen LogP contribution in [0.3, 0.4) is 0 Å². The molecule has 0 unspecified atom stereocenters. The molecule has 3 saturated heterocycles. The Morgan fingerprint density at radius 1 is 1.14 bits per heavy atom. The van der Waals surface area contributed by atoms with Gasteiger partial charge in [-0.2, -0.15) is 0 Å². The van der Waals surface area contributed by atoms with E-state index in [0.29, 0.717) is 23.7 Å². The summed E-state index contributed by atoms with van der Waals surface area (Å²) in [7, 11) is 2.20. The summed E-state index contributed by atoms with van der Waals surface area (Å²) in [4.78, 5) is 30.0. The number of carbonyl (C=O) groups is 2. The summed E-state index contributed by atoms with van der Waals surface area (Å²) in [6.45, 7) is 4.09. The molecule has 3 aliphatic rings. The molecule has 3 heterocycles. The number of thioether (sulfide) groups is 1. The number of nitrogens with zero attached hydrogens (tertiary/aromatic N) is 2. The first kappa shape index (κ1) is 19.5. The number of nitrogens with one attached hydrogen (secondary N) is 1. The van der Waals surface area contributed by atoms with Crippen molar-refractivity contribution in [3.8, 4) is 0 Å². The van der Waals surface area contributed by atoms with Crippen molar-refractivity contribution in [3.63, 3.8) is 0 Å². The number of piperidine rings is 1. The maximum Gasteiger partial charge on any atom is 0.248 e. The first-order chi connectivity index (χ1) is 13.4. The second-order valence-corrected chi connectivity index (χ2v) is 9.37. The van der Waals surface area contributed by atoms with Crippen LogP contribution in [0.1, 0.15) is 36.8 Å². The number of fused-ring (bicyclic) bond motifs is 2. The van der Waals surface area contributed by atoms with Gasteiger partial charge in [0.1, 0.15) is 6.04 Å². The number of benzene rings is 1. The van der Waals surface area contributed by atoms with Crippen molar-refractivity contribution in [1.82, 2.24) is 9.80 Å². The van der Waals surface area contributed by atoms with E-state index in [1.165, 1.54) is 24.0 Å². The summed E-state index contributed by atoms with van der Waals surface area (Å²) in [5, 5.41) is 3.00. The zero-order chi connectivity index (χ0) is 19.8. The van der Waals surface area contributed by atoms with Crippen LogP contribution in [0.15, 0.2) is 29.8 Å². The third-order valence-corrected chi connectivity index (χ3v) is 7.56. The van der Waals surface area contributed by atoms with Crippen LogP contribution in [-0.4, -0.2) is 58.4 Å². The average Bonchev–Trinajstić information content (AvgIpc) is 3.21. The highest BCUT2D eigenvalue weighted by Gasteiger charge is 2.38. The normalized spacial score (nSPS) is 28.8. The minimum absolute atomic E-state index is 0.0100. The summed E-state index contributed by atoms with van der Waals surface area (Å²) in [5.41, 5.74) is 4.39. The maximum atomic E-state index is 12.9. The highest BCUT2D eigenvalue weighted by molar-refractivity contribution is 7.99. The Hall–Kier alpha value is -1.79. The standard InChI is InChI=1S/C22H29N3O2S/c1-14-4-5-17(8-15(14)2)23-22(27)20-12-28-13-25(20)21(26)11-16-9-18-6-7-19(10-16)24(18)3/h4-5,8,11,18-20H,6-7,9-10,12-13H2,1-3H3,(H,23,27)/t18-,19+,20-/m1/s1. The largest absolute Gasteiger partial charge is 0.324 e. The molecule has 0 spiro atoms. The fraction of sp³-hybridized carbons (Fsp3) is 0.545. The quantitative estimate of drug-likeness (QED) is 0.792. The number of rotatable bonds is 3. The van der Waals surface area contributed by atoms with Gasteiger partial charge in [-0.3, -0.25) is 14.5 Å². The van der Waals surface area contributed by atoms with Gasteiger partial charge in [0.15, 0.2) is 0 Å². The molecule has 3 aliphatic heterocycles. The zero-order valence-corrected chi connectivity index (χ0v) is 17.7. The summed E-state index contributed by atoms with van der Waals surface area (Å²) < 4.78 is 0. The van der Waals surface area contributed by atoms with Crippen LogP contribution in [0.5, 0.6) is 0 Å². The van der Waals surface area contributed by atoms with Gasteiger partial charge >= 0.3 is 0 Å². The Bertz CT molecular complexity index is 806. The predicted molar refractivity (Wildman–Crippen MR) is 114 cm³/mol. The van der Waals surface area contributed by atoms with Crippen molar-refractivity contribution in [2.24, 2.45) is 0 Å². The van der Waals surface area contributed by atoms with Gasteiger partial charge in [0.25, 0.3) is 0 Å². The molecule has 2 amide bonds. The Labute approximate surface area is 171 Å². The van der Waals surface area contributed by atoms with Crippen LogP contribution >= 0.6 is 11.8 Å². The lowest BCUT2D eigenvalue weighted by Gasteiger charge is -2.33. The highest BCUT2D eigenvalue weighted by Crippen LogP contribution is 2.37. The molecular weight excluding hydrogens is 370 g/mol. The molecule has 1 aromatic rings. The predicted octanol–water partition coefficient (Wildman–Crippen LogP) is 3.33. The van der Waals surface area contributed by atoms with Gasteiger partial charge < -0.3 is 10.2 Å². The summed E-state index contributed by atoms with van der Waals surface area (Å²) in [5.74, 6) is 1.13. The Kier molecular flexibility index (Phi) is 5.52. The van der Waals surface area contributed by atoms with Gasteiger partial charge in [0.05, 0.1) is 5.88 Å². The topological polar surface area (TPSA) is 52.7 Å². The fourth-order valence-electron chi connectivity index (χ4n) is 4.57. The maximum absolute atomic E-state index is 12.9. The lowest BCUT2D eigenvalue weighted by atomic mass is 9.97. The van der Waals surface area contributed by atoms with E-state index in [1.54, 1.807) is 16.7 Å². The number of aryl methyl sites for hydroxylation is 2. The molecule has 3 fully saturated rings. The first-order valence-corrected chi connectivity index (χ1v) is 11.3. The molecule has 0 aliphatic carbocycles. The molecule has 1 N–H and O–H groups in total. The van der Waals surface area contributed by atoms with Crippen molar-refractivity contribution >= 4 is 29.3 Å². The summed E-state index contributed by atoms with van der Waals surface area (Å²) in [6.07, 6.45) is 6.25. The Morgan fingerprint density at radius 3 is 2.54 bits per heavy atom. The van der Waals surface area contributed by atoms with E-state index in [2.05, 4.69) is 24.2 Å². The Morgan fingerprint density at radius 2 is 1.86 bits per heavy atom. The van der Waals surface area contributed by atoms with Crippen LogP contribution in [0.4, 0.5) is 5.69 Å². The van der Waals surface area contributed by atoms with E-state index < -0.39 is 6.04 Å². The van der Waals surface area contributed by atoms with Crippen molar-refractivity contribution < 1.29 is 9.59 Å². The molecule has 2 bridgehead atoms. The molecule has 4 rings (SSSR count). The van der Waals surface area contributed by atoms with E-state index in [0.717, 1.165) is 24.1 Å². The van der Waals surface area contributed by atoms with Gasteiger partial charge in [0.2, 0.25) is 11.8 Å². The number of hydrogen-bond acceptors (Lipinski definition) is 4. The molecule has 6 heteroatoms. The van der Waals surface area contributed by atoms with Crippen LogP contribution in [0, 0.1) is 13.8 Å². The third-order valence-electron chi connectivity index (χ3n) is 6.55. The van der Waals surface area contributed by atoms with Gasteiger partial charge in [0, 0.05) is 29.6 Å². The van der Waals surface area contributed by atoms with E-state index >= 15 is 0 Å². The Balaban J connectivity index is 1.42. The highest BCUT2D eigenvalue weighted by atomic mass is 32.2. The second-order valence-electron chi connectivity index (χ2n) is 8.37. The fourth-order valence-corrected chi connectivity index (χ4v) is 5.73. The molecule has 28 heavy (non-hydrogen) atoms. The van der Waals surface area contributed by atoms with Crippen LogP contribution in [0.25, 0.3) is 0 Å². The van der Waals surface area contributed by atoms with Crippen LogP contribution in [-0.2, 0) is 9.59 Å². The summed E-state index contributed by atoms with van der Waals surface area (Å²) in [6, 6.07) is 6.67. The van der Waals surface area contributed by atoms with Crippen molar-refractivity contribution in [1.29, 1.82) is 0 Å². The SMILES string of the molecule is Cc1ccc(NC(=O)[C@H]2CSCN2C(=O)C=C2C[C@H]3CC[C@@H](C2)N3C)cc1C. The van der Waals surface area contributed by atoms with Gasteiger partial charge in [-0.1, -0.05) is 11.6 Å². The van der Waals surface area contributed by atoms with E-state index in [9.17, 15) is 9.59 Å².